The highest BCUT2D eigenvalue weighted by atomic mass is 35.5. The molecule has 0 heterocycles. The molecule has 2 N–H and O–H groups in total. The van der Waals surface area contributed by atoms with Gasteiger partial charge in [-0.3, -0.25) is 0 Å². The van der Waals surface area contributed by atoms with E-state index in [2.05, 4.69) is 10.4 Å². The van der Waals surface area contributed by atoms with E-state index in [-0.39, 0.29) is 0 Å². The number of benzene rings is 1. The van der Waals surface area contributed by atoms with E-state index in [1.165, 1.54) is 0 Å². The lowest BCUT2D eigenvalue weighted by atomic mass is 10.0. The summed E-state index contributed by atoms with van der Waals surface area (Å²) in [6, 6.07) is 5.47. The molecule has 1 aliphatic carbocycles. The predicted molar refractivity (Wildman–Crippen MR) is 54.0 cm³/mol. The van der Waals surface area contributed by atoms with E-state index in [0.717, 1.165) is 18.4 Å². The van der Waals surface area contributed by atoms with Crippen molar-refractivity contribution in [2.75, 3.05) is 5.73 Å². The van der Waals surface area contributed by atoms with Crippen molar-refractivity contribution < 1.29 is 4.29 Å². The lowest BCUT2D eigenvalue weighted by Crippen LogP contribution is -1.96. The van der Waals surface area contributed by atoms with Crippen molar-refractivity contribution in [1.82, 2.24) is 0 Å². The van der Waals surface area contributed by atoms with Gasteiger partial charge in [0.1, 0.15) is 23.7 Å². The summed E-state index contributed by atoms with van der Waals surface area (Å²) in [5.41, 5.74) is 7.67. The molecule has 0 aliphatic heterocycles. The van der Waals surface area contributed by atoms with Crippen molar-refractivity contribution in [2.24, 2.45) is 0 Å². The van der Waals surface area contributed by atoms with E-state index in [4.69, 9.17) is 22.9 Å². The van der Waals surface area contributed by atoms with Gasteiger partial charge >= 0.3 is 0 Å². The molecule has 0 saturated heterocycles. The van der Waals surface area contributed by atoms with Gasteiger partial charge in [0, 0.05) is 6.07 Å². The van der Waals surface area contributed by atoms with E-state index in [1.807, 2.05) is 0 Å². The Morgan fingerprint density at radius 2 is 2.21 bits per heavy atom. The van der Waals surface area contributed by atoms with Crippen LogP contribution in [0.1, 0.15) is 29.9 Å². The minimum atomic E-state index is 0.438. The molecule has 0 bridgehead atoms. The van der Waals surface area contributed by atoms with E-state index in [1.54, 1.807) is 12.1 Å². The first-order chi connectivity index (χ1) is 6.76. The maximum atomic E-state index is 8.94. The van der Waals surface area contributed by atoms with E-state index in [9.17, 15) is 0 Å². The zero-order valence-electron chi connectivity index (χ0n) is 7.46. The van der Waals surface area contributed by atoms with Gasteiger partial charge in [-0.05, 0) is 30.4 Å². The molecule has 0 amide bonds. The summed E-state index contributed by atoms with van der Waals surface area (Å²) in [5, 5.41) is 8.94. The Labute approximate surface area is 87.2 Å². The number of hydrogen-bond donors (Lipinski definition) is 1. The summed E-state index contributed by atoms with van der Waals surface area (Å²) in [6.45, 7) is 0. The number of halogens is 1. The molecule has 1 aromatic carbocycles. The van der Waals surface area contributed by atoms with Crippen LogP contribution in [0.3, 0.4) is 0 Å². The summed E-state index contributed by atoms with van der Waals surface area (Å²) in [5.74, 6) is 0.962. The first-order valence-corrected chi connectivity index (χ1v) is 4.69. The third-order valence-electron chi connectivity index (χ3n) is 2.39. The molecule has 0 atom stereocenters. The molecule has 2 rings (SSSR count). The third kappa shape index (κ3) is 1.49. The molecule has 0 unspecified atom stereocenters. The SMILES string of the molecule is N#Cc1c(N)cc(OCl)cc1C1CC1. The zero-order chi connectivity index (χ0) is 10.1. The molecule has 0 radical (unpaired) electrons. The van der Waals surface area contributed by atoms with Crippen LogP contribution in [-0.4, -0.2) is 0 Å². The Morgan fingerprint density at radius 1 is 1.50 bits per heavy atom. The van der Waals surface area contributed by atoms with Gasteiger partial charge in [0.2, 0.25) is 0 Å². The van der Waals surface area contributed by atoms with Gasteiger partial charge in [0.05, 0.1) is 11.3 Å². The van der Waals surface area contributed by atoms with Crippen LogP contribution in [0.5, 0.6) is 5.75 Å². The van der Waals surface area contributed by atoms with Crippen molar-refractivity contribution in [3.8, 4) is 11.8 Å². The van der Waals surface area contributed by atoms with Crippen LogP contribution < -0.4 is 10.0 Å². The van der Waals surface area contributed by atoms with Crippen LogP contribution in [0.15, 0.2) is 12.1 Å². The third-order valence-corrected chi connectivity index (χ3v) is 2.57. The first-order valence-electron chi connectivity index (χ1n) is 4.38. The molecule has 1 aliphatic rings. The Hall–Kier alpha value is -1.40. The largest absolute Gasteiger partial charge is 0.398 e. The number of nitrogens with two attached hydrogens (primary N) is 1. The monoisotopic (exact) mass is 208 g/mol. The van der Waals surface area contributed by atoms with Crippen LogP contribution in [0.4, 0.5) is 5.69 Å². The van der Waals surface area contributed by atoms with Gasteiger partial charge in [-0.15, -0.1) is 0 Å². The van der Waals surface area contributed by atoms with Crippen molar-refractivity contribution in [1.29, 1.82) is 5.26 Å². The first kappa shape index (κ1) is 9.17. The number of nitriles is 1. The van der Waals surface area contributed by atoms with Crippen LogP contribution in [0, 0.1) is 11.3 Å². The van der Waals surface area contributed by atoms with Crippen LogP contribution in [0.2, 0.25) is 0 Å². The Bertz CT molecular complexity index is 407. The van der Waals surface area contributed by atoms with Crippen LogP contribution in [-0.2, 0) is 0 Å². The van der Waals surface area contributed by atoms with E-state index >= 15 is 0 Å². The highest BCUT2D eigenvalue weighted by molar-refractivity contribution is 6.09. The summed E-state index contributed by atoms with van der Waals surface area (Å²) in [6.07, 6.45) is 2.22. The van der Waals surface area contributed by atoms with Crippen molar-refractivity contribution in [3.05, 3.63) is 23.3 Å². The molecule has 3 nitrogen and oxygen atoms in total. The summed E-state index contributed by atoms with van der Waals surface area (Å²) in [4.78, 5) is 0. The van der Waals surface area contributed by atoms with Crippen LogP contribution in [0.25, 0.3) is 0 Å². The maximum absolute atomic E-state index is 8.94. The van der Waals surface area contributed by atoms with Crippen LogP contribution >= 0.6 is 11.9 Å². The zero-order valence-corrected chi connectivity index (χ0v) is 8.21. The van der Waals surface area contributed by atoms with Gasteiger partial charge in [0.15, 0.2) is 0 Å². The molecule has 1 fully saturated rings. The number of anilines is 1. The smallest absolute Gasteiger partial charge is 0.148 e. The topological polar surface area (TPSA) is 59.0 Å². The van der Waals surface area contributed by atoms with E-state index < -0.39 is 0 Å². The van der Waals surface area contributed by atoms with Gasteiger partial charge in [-0.2, -0.15) is 5.26 Å². The minimum absolute atomic E-state index is 0.438. The second-order valence-electron chi connectivity index (χ2n) is 3.44. The molecular weight excluding hydrogens is 200 g/mol. The molecule has 1 aromatic rings. The molecule has 1 saturated carbocycles. The normalized spacial score (nSPS) is 14.9. The van der Waals surface area contributed by atoms with Crippen molar-refractivity contribution >= 4 is 17.6 Å². The summed E-state index contributed by atoms with van der Waals surface area (Å²) < 4.78 is 4.60. The standard InChI is InChI=1S/C10H9ClN2O/c11-14-7-3-8(6-1-2-6)9(5-12)10(13)4-7/h3-4,6H,1-2,13H2. The Morgan fingerprint density at radius 3 is 2.71 bits per heavy atom. The fourth-order valence-electron chi connectivity index (χ4n) is 1.55. The lowest BCUT2D eigenvalue weighted by molar-refractivity contribution is 0.618. The molecular formula is C10H9ClN2O. The molecule has 14 heavy (non-hydrogen) atoms. The van der Waals surface area contributed by atoms with Gasteiger partial charge < -0.3 is 10.0 Å². The summed E-state index contributed by atoms with van der Waals surface area (Å²) >= 11 is 5.25. The van der Waals surface area contributed by atoms with Gasteiger partial charge in [-0.25, -0.2) is 0 Å². The molecule has 0 aromatic heterocycles. The molecule has 0 spiro atoms. The van der Waals surface area contributed by atoms with Gasteiger partial charge in [0.25, 0.3) is 0 Å². The second kappa shape index (κ2) is 3.39. The lowest BCUT2D eigenvalue weighted by Gasteiger charge is -2.06. The fourth-order valence-corrected chi connectivity index (χ4v) is 1.64. The molecule has 4 heteroatoms. The van der Waals surface area contributed by atoms with Crippen molar-refractivity contribution in [3.63, 3.8) is 0 Å². The molecule has 72 valence electrons. The average molecular weight is 209 g/mol. The highest BCUT2D eigenvalue weighted by Crippen LogP contribution is 2.44. The number of rotatable bonds is 2. The van der Waals surface area contributed by atoms with Crippen molar-refractivity contribution in [2.45, 2.75) is 18.8 Å². The number of hydrogen-bond acceptors (Lipinski definition) is 3. The Balaban J connectivity index is 2.53. The number of nitrogens with zero attached hydrogens (tertiary/aromatic N) is 1. The van der Waals surface area contributed by atoms with E-state index in [0.29, 0.717) is 22.9 Å². The Kier molecular flexibility index (Phi) is 2.22. The van der Waals surface area contributed by atoms with Gasteiger partial charge in [-0.1, -0.05) is 0 Å². The maximum Gasteiger partial charge on any atom is 0.148 e. The quantitative estimate of drug-likeness (QED) is 0.760. The number of nitrogen functional groups attached to an aromatic ring is 1. The highest BCUT2D eigenvalue weighted by Gasteiger charge is 2.27. The predicted octanol–water partition coefficient (Wildman–Crippen LogP) is 2.55. The average Bonchev–Trinajstić information content (AvgIpc) is 2.99. The summed E-state index contributed by atoms with van der Waals surface area (Å²) in [7, 11) is 0. The fraction of sp³-hybridized carbons (Fsp3) is 0.300. The minimum Gasteiger partial charge on any atom is -0.398 e. The second-order valence-corrected chi connectivity index (χ2v) is 3.59.